The van der Waals surface area contributed by atoms with Crippen molar-refractivity contribution in [2.75, 3.05) is 38.1 Å². The first-order chi connectivity index (χ1) is 14.0. The van der Waals surface area contributed by atoms with E-state index in [-0.39, 0.29) is 17.8 Å². The van der Waals surface area contributed by atoms with E-state index in [1.165, 1.54) is 6.92 Å². The molecule has 0 unspecified atom stereocenters. The van der Waals surface area contributed by atoms with Crippen molar-refractivity contribution in [3.05, 3.63) is 53.9 Å². The lowest BCUT2D eigenvalue weighted by molar-refractivity contribution is 0.0566. The van der Waals surface area contributed by atoms with Crippen LogP contribution in [0.25, 0.3) is 0 Å². The minimum atomic E-state index is -0.343. The molecule has 2 heterocycles. The van der Waals surface area contributed by atoms with Crippen LogP contribution in [-0.2, 0) is 4.74 Å². The van der Waals surface area contributed by atoms with Crippen molar-refractivity contribution in [3.63, 3.8) is 0 Å². The zero-order valence-electron chi connectivity index (χ0n) is 16.6. The number of rotatable bonds is 5. The van der Waals surface area contributed by atoms with Gasteiger partial charge in [0, 0.05) is 37.4 Å². The van der Waals surface area contributed by atoms with Gasteiger partial charge in [-0.3, -0.25) is 9.59 Å². The highest BCUT2D eigenvalue weighted by Crippen LogP contribution is 2.17. The Morgan fingerprint density at radius 2 is 1.59 bits per heavy atom. The van der Waals surface area contributed by atoms with Crippen LogP contribution in [0.2, 0.25) is 0 Å². The highest BCUT2D eigenvalue weighted by atomic mass is 16.6. The topological polar surface area (TPSA) is 91.8 Å². The van der Waals surface area contributed by atoms with Gasteiger partial charge in [-0.25, -0.2) is 9.78 Å². The number of hydrogen-bond acceptors (Lipinski definition) is 6. The van der Waals surface area contributed by atoms with Gasteiger partial charge in [0.15, 0.2) is 5.78 Å². The summed E-state index contributed by atoms with van der Waals surface area (Å²) in [6.45, 7) is 5.41. The van der Waals surface area contributed by atoms with Crippen molar-refractivity contribution in [1.29, 1.82) is 0 Å². The first-order valence-electron chi connectivity index (χ1n) is 9.53. The lowest BCUT2D eigenvalue weighted by Gasteiger charge is -2.33. The monoisotopic (exact) mass is 396 g/mol. The molecule has 1 fully saturated rings. The Morgan fingerprint density at radius 3 is 2.14 bits per heavy atom. The molecule has 1 aliphatic heterocycles. The predicted octanol–water partition coefficient (Wildman–Crippen LogP) is 2.94. The van der Waals surface area contributed by atoms with E-state index >= 15 is 0 Å². The van der Waals surface area contributed by atoms with E-state index < -0.39 is 0 Å². The van der Waals surface area contributed by atoms with Gasteiger partial charge < -0.3 is 19.9 Å². The molecule has 0 saturated carbocycles. The molecular weight excluding hydrogens is 372 g/mol. The van der Waals surface area contributed by atoms with Crippen molar-refractivity contribution >= 4 is 29.2 Å². The highest BCUT2D eigenvalue weighted by Gasteiger charge is 2.26. The maximum atomic E-state index is 12.6. The average Bonchev–Trinajstić information content (AvgIpc) is 2.74. The number of piperazine rings is 1. The molecule has 3 rings (SSSR count). The summed E-state index contributed by atoms with van der Waals surface area (Å²) < 4.78 is 4.99. The molecule has 152 valence electrons. The number of carbonyl (C=O) groups is 3. The third kappa shape index (κ3) is 5.10. The van der Waals surface area contributed by atoms with E-state index in [0.717, 1.165) is 11.4 Å². The van der Waals surface area contributed by atoms with Gasteiger partial charge in [0.25, 0.3) is 5.91 Å². The maximum absolute atomic E-state index is 12.6. The molecular formula is C21H24N4O4. The molecule has 0 atom stereocenters. The van der Waals surface area contributed by atoms with E-state index in [1.807, 2.05) is 12.1 Å². The second kappa shape index (κ2) is 9.18. The molecule has 1 aliphatic rings. The highest BCUT2D eigenvalue weighted by molar-refractivity contribution is 5.94. The number of ketones is 1. The summed E-state index contributed by atoms with van der Waals surface area (Å²) in [4.78, 5) is 43.3. The Kier molecular flexibility index (Phi) is 6.43. The number of ether oxygens (including phenoxy) is 1. The molecule has 0 bridgehead atoms. The Hall–Kier alpha value is -3.42. The fourth-order valence-electron chi connectivity index (χ4n) is 3.02. The number of anilines is 2. The van der Waals surface area contributed by atoms with E-state index in [1.54, 1.807) is 47.2 Å². The summed E-state index contributed by atoms with van der Waals surface area (Å²) >= 11 is 0. The zero-order chi connectivity index (χ0) is 20.8. The fraction of sp³-hybridized carbons (Fsp3) is 0.333. The number of carbonyl (C=O) groups excluding carboxylic acids is 3. The van der Waals surface area contributed by atoms with Crippen molar-refractivity contribution in [2.45, 2.75) is 13.8 Å². The van der Waals surface area contributed by atoms with Crippen molar-refractivity contribution < 1.29 is 19.1 Å². The van der Waals surface area contributed by atoms with Gasteiger partial charge in [-0.2, -0.15) is 0 Å². The largest absolute Gasteiger partial charge is 0.450 e. The van der Waals surface area contributed by atoms with Crippen LogP contribution in [0.15, 0.2) is 42.6 Å². The number of benzene rings is 1. The lowest BCUT2D eigenvalue weighted by Crippen LogP contribution is -2.50. The lowest BCUT2D eigenvalue weighted by atomic mass is 10.1. The Bertz CT molecular complexity index is 873. The van der Waals surface area contributed by atoms with E-state index in [9.17, 15) is 14.4 Å². The van der Waals surface area contributed by atoms with Gasteiger partial charge in [-0.1, -0.05) is 0 Å². The summed E-state index contributed by atoms with van der Waals surface area (Å²) in [6, 6.07) is 10.6. The van der Waals surface area contributed by atoms with Gasteiger partial charge in [0.2, 0.25) is 0 Å². The summed E-state index contributed by atoms with van der Waals surface area (Å²) in [5.74, 6) is -0.143. The fourth-order valence-corrected chi connectivity index (χ4v) is 3.02. The van der Waals surface area contributed by atoms with Crippen LogP contribution in [0.4, 0.5) is 16.2 Å². The van der Waals surface area contributed by atoms with E-state index in [0.29, 0.717) is 44.0 Å². The second-order valence-corrected chi connectivity index (χ2v) is 6.67. The zero-order valence-corrected chi connectivity index (χ0v) is 16.6. The van der Waals surface area contributed by atoms with Gasteiger partial charge in [0.1, 0.15) is 5.69 Å². The molecule has 1 saturated heterocycles. The number of amides is 2. The first-order valence-corrected chi connectivity index (χ1v) is 9.53. The van der Waals surface area contributed by atoms with Crippen molar-refractivity contribution in [1.82, 2.24) is 14.8 Å². The standard InChI is InChI=1S/C21H24N4O4/c1-3-29-21(28)25-12-10-24(11-13-25)20(27)19-9-8-18(14-22-19)23-17-6-4-16(5-7-17)15(2)26/h4-9,14,23H,3,10-13H2,1-2H3. The number of hydrogen-bond donors (Lipinski definition) is 1. The SMILES string of the molecule is CCOC(=O)N1CCN(C(=O)c2ccc(Nc3ccc(C(C)=O)cc3)cn2)CC1. The summed E-state index contributed by atoms with van der Waals surface area (Å²) in [6.07, 6.45) is 1.26. The van der Waals surface area contributed by atoms with Crippen LogP contribution in [0, 0.1) is 0 Å². The summed E-state index contributed by atoms with van der Waals surface area (Å²) in [7, 11) is 0. The molecule has 1 aromatic heterocycles. The second-order valence-electron chi connectivity index (χ2n) is 6.67. The van der Waals surface area contributed by atoms with Crippen molar-refractivity contribution in [2.24, 2.45) is 0 Å². The molecule has 2 aromatic rings. The van der Waals surface area contributed by atoms with Crippen LogP contribution < -0.4 is 5.32 Å². The number of nitrogens with zero attached hydrogens (tertiary/aromatic N) is 3. The van der Waals surface area contributed by atoms with Gasteiger partial charge in [-0.05, 0) is 50.2 Å². The minimum absolute atomic E-state index is 0.0178. The third-order valence-electron chi connectivity index (χ3n) is 4.66. The maximum Gasteiger partial charge on any atom is 0.409 e. The van der Waals surface area contributed by atoms with E-state index in [2.05, 4.69) is 10.3 Å². The molecule has 1 N–H and O–H groups in total. The van der Waals surface area contributed by atoms with E-state index in [4.69, 9.17) is 4.74 Å². The van der Waals surface area contributed by atoms with Crippen molar-refractivity contribution in [3.8, 4) is 0 Å². The Morgan fingerprint density at radius 1 is 0.966 bits per heavy atom. The molecule has 0 radical (unpaired) electrons. The van der Waals surface area contributed by atoms with Crippen LogP contribution in [0.5, 0.6) is 0 Å². The first kappa shape index (κ1) is 20.3. The quantitative estimate of drug-likeness (QED) is 0.782. The Balaban J connectivity index is 1.56. The molecule has 8 heteroatoms. The predicted molar refractivity (Wildman–Crippen MR) is 108 cm³/mol. The normalized spacial score (nSPS) is 13.7. The molecule has 0 aliphatic carbocycles. The van der Waals surface area contributed by atoms with Gasteiger partial charge in [-0.15, -0.1) is 0 Å². The minimum Gasteiger partial charge on any atom is -0.450 e. The molecule has 0 spiro atoms. The van der Waals surface area contributed by atoms with Crippen LogP contribution in [-0.4, -0.2) is 65.4 Å². The molecule has 29 heavy (non-hydrogen) atoms. The Labute approximate surface area is 169 Å². The van der Waals surface area contributed by atoms with Gasteiger partial charge in [0.05, 0.1) is 18.5 Å². The van der Waals surface area contributed by atoms with Crippen LogP contribution in [0.1, 0.15) is 34.7 Å². The van der Waals surface area contributed by atoms with Crippen LogP contribution >= 0.6 is 0 Å². The smallest absolute Gasteiger partial charge is 0.409 e. The number of pyridine rings is 1. The molecule has 8 nitrogen and oxygen atoms in total. The number of Topliss-reactive ketones (excluding diaryl/α,β-unsaturated/α-hetero) is 1. The number of nitrogens with one attached hydrogen (secondary N) is 1. The summed E-state index contributed by atoms with van der Waals surface area (Å²) in [5.41, 5.74) is 2.57. The molecule has 1 aromatic carbocycles. The third-order valence-corrected chi connectivity index (χ3v) is 4.66. The van der Waals surface area contributed by atoms with Crippen LogP contribution in [0.3, 0.4) is 0 Å². The summed E-state index contributed by atoms with van der Waals surface area (Å²) in [5, 5.41) is 3.19. The number of aromatic nitrogens is 1. The molecule has 2 amide bonds. The average molecular weight is 396 g/mol. The van der Waals surface area contributed by atoms with Gasteiger partial charge >= 0.3 is 6.09 Å².